The maximum atomic E-state index is 10.6. The number of aliphatic carboxylic acids is 1. The van der Waals surface area contributed by atoms with Gasteiger partial charge in [-0.2, -0.15) is 0 Å². The Morgan fingerprint density at radius 3 is 2.93 bits per heavy atom. The molecular formula is C7H12N4O2S. The van der Waals surface area contributed by atoms with Gasteiger partial charge < -0.3 is 10.4 Å². The molecular weight excluding hydrogens is 204 g/mol. The molecule has 6 nitrogen and oxygen atoms in total. The molecule has 1 aromatic rings. The highest BCUT2D eigenvalue weighted by atomic mass is 32.2. The fourth-order valence-corrected chi connectivity index (χ4v) is 1.76. The molecule has 0 fully saturated rings. The molecule has 0 aliphatic heterocycles. The maximum Gasteiger partial charge on any atom is 0.321 e. The number of aromatic nitrogens is 3. The molecule has 1 aromatic heterocycles. The molecule has 0 saturated heterocycles. The van der Waals surface area contributed by atoms with Crippen LogP contribution in [0.15, 0.2) is 5.16 Å². The number of carbonyl (C=O) groups is 1. The van der Waals surface area contributed by atoms with Crippen LogP contribution in [0.4, 0.5) is 0 Å². The van der Waals surface area contributed by atoms with Crippen molar-refractivity contribution in [3.63, 3.8) is 0 Å². The first-order valence-electron chi connectivity index (χ1n) is 4.05. The molecule has 0 aliphatic rings. The van der Waals surface area contributed by atoms with Gasteiger partial charge in [0, 0.05) is 5.75 Å². The number of aromatic amines is 1. The van der Waals surface area contributed by atoms with Crippen LogP contribution in [0.2, 0.25) is 0 Å². The minimum atomic E-state index is -0.868. The van der Waals surface area contributed by atoms with Crippen molar-refractivity contribution in [2.75, 3.05) is 12.8 Å². The van der Waals surface area contributed by atoms with Gasteiger partial charge in [0.2, 0.25) is 5.16 Å². The summed E-state index contributed by atoms with van der Waals surface area (Å²) in [7, 11) is 1.61. The lowest BCUT2D eigenvalue weighted by Gasteiger charge is -2.08. The van der Waals surface area contributed by atoms with Crippen LogP contribution in [0.1, 0.15) is 5.82 Å². The normalized spacial score (nSPS) is 12.7. The predicted octanol–water partition coefficient (Wildman–Crippen LogP) is -0.122. The lowest BCUT2D eigenvalue weighted by molar-refractivity contribution is -0.138. The monoisotopic (exact) mass is 216 g/mol. The topological polar surface area (TPSA) is 90.9 Å². The number of nitrogens with zero attached hydrogens (tertiary/aromatic N) is 2. The van der Waals surface area contributed by atoms with Crippen LogP contribution < -0.4 is 5.32 Å². The molecule has 7 heteroatoms. The first-order valence-corrected chi connectivity index (χ1v) is 5.04. The average molecular weight is 216 g/mol. The van der Waals surface area contributed by atoms with Gasteiger partial charge in [-0.25, -0.2) is 4.98 Å². The van der Waals surface area contributed by atoms with E-state index >= 15 is 0 Å². The highest BCUT2D eigenvalue weighted by molar-refractivity contribution is 7.99. The van der Waals surface area contributed by atoms with Crippen molar-refractivity contribution in [2.45, 2.75) is 18.1 Å². The molecule has 0 aromatic carbocycles. The number of hydrogen-bond donors (Lipinski definition) is 3. The van der Waals surface area contributed by atoms with E-state index in [2.05, 4.69) is 20.5 Å². The van der Waals surface area contributed by atoms with Crippen LogP contribution in [-0.4, -0.2) is 45.1 Å². The summed E-state index contributed by atoms with van der Waals surface area (Å²) < 4.78 is 0. The zero-order chi connectivity index (χ0) is 10.6. The Labute approximate surface area is 85.5 Å². The maximum absolute atomic E-state index is 10.6. The van der Waals surface area contributed by atoms with Crippen molar-refractivity contribution in [3.05, 3.63) is 5.82 Å². The largest absolute Gasteiger partial charge is 0.480 e. The zero-order valence-corrected chi connectivity index (χ0v) is 8.76. The first-order chi connectivity index (χ1) is 6.63. The van der Waals surface area contributed by atoms with E-state index in [0.717, 1.165) is 5.82 Å². The molecule has 0 radical (unpaired) electrons. The summed E-state index contributed by atoms with van der Waals surface area (Å²) in [5.41, 5.74) is 0. The van der Waals surface area contributed by atoms with E-state index in [0.29, 0.717) is 10.9 Å². The van der Waals surface area contributed by atoms with E-state index in [1.165, 1.54) is 11.8 Å². The number of hydrogen-bond acceptors (Lipinski definition) is 5. The molecule has 1 rings (SSSR count). The number of carboxylic acid groups (broad SMARTS) is 1. The summed E-state index contributed by atoms with van der Waals surface area (Å²) in [6.45, 7) is 1.80. The smallest absolute Gasteiger partial charge is 0.321 e. The molecule has 0 saturated carbocycles. The van der Waals surface area contributed by atoms with Crippen molar-refractivity contribution in [1.29, 1.82) is 0 Å². The van der Waals surface area contributed by atoms with Gasteiger partial charge in [0.25, 0.3) is 0 Å². The molecule has 0 amide bonds. The second-order valence-corrected chi connectivity index (χ2v) is 3.68. The average Bonchev–Trinajstić information content (AvgIpc) is 2.52. The Hall–Kier alpha value is -1.08. The van der Waals surface area contributed by atoms with E-state index in [4.69, 9.17) is 5.11 Å². The van der Waals surface area contributed by atoms with Gasteiger partial charge in [0.1, 0.15) is 11.9 Å². The lowest BCUT2D eigenvalue weighted by atomic mass is 10.3. The molecule has 0 bridgehead atoms. The minimum Gasteiger partial charge on any atom is -0.480 e. The zero-order valence-electron chi connectivity index (χ0n) is 7.94. The third-order valence-corrected chi connectivity index (χ3v) is 2.54. The van der Waals surface area contributed by atoms with E-state index in [-0.39, 0.29) is 0 Å². The highest BCUT2D eigenvalue weighted by Crippen LogP contribution is 2.13. The molecule has 78 valence electrons. The van der Waals surface area contributed by atoms with Crippen LogP contribution in [0, 0.1) is 6.92 Å². The van der Waals surface area contributed by atoms with Crippen molar-refractivity contribution in [1.82, 2.24) is 20.5 Å². The minimum absolute atomic E-state index is 0.406. The lowest BCUT2D eigenvalue weighted by Crippen LogP contribution is -2.35. The summed E-state index contributed by atoms with van der Waals surface area (Å²) >= 11 is 1.31. The van der Waals surface area contributed by atoms with Gasteiger partial charge in [-0.1, -0.05) is 11.8 Å². The van der Waals surface area contributed by atoms with E-state index in [9.17, 15) is 4.79 Å². The van der Waals surface area contributed by atoms with E-state index in [1.54, 1.807) is 14.0 Å². The second-order valence-electron chi connectivity index (χ2n) is 2.69. The van der Waals surface area contributed by atoms with Crippen molar-refractivity contribution >= 4 is 17.7 Å². The Kier molecular flexibility index (Phi) is 3.90. The summed E-state index contributed by atoms with van der Waals surface area (Å²) in [6.07, 6.45) is 0. The molecule has 1 atom stereocenters. The molecule has 14 heavy (non-hydrogen) atoms. The van der Waals surface area contributed by atoms with E-state index in [1.807, 2.05) is 0 Å². The number of likely N-dealkylation sites (N-methyl/N-ethyl adjacent to an activating group) is 1. The first kappa shape index (κ1) is 11.0. The van der Waals surface area contributed by atoms with Gasteiger partial charge in [-0.15, -0.1) is 5.10 Å². The number of H-pyrrole nitrogens is 1. The van der Waals surface area contributed by atoms with Crippen LogP contribution in [0.5, 0.6) is 0 Å². The number of aryl methyl sites for hydroxylation is 1. The second kappa shape index (κ2) is 4.97. The van der Waals surface area contributed by atoms with Gasteiger partial charge >= 0.3 is 5.97 Å². The van der Waals surface area contributed by atoms with Gasteiger partial charge in [0.05, 0.1) is 0 Å². The molecule has 0 spiro atoms. The summed E-state index contributed by atoms with van der Waals surface area (Å²) in [4.78, 5) is 14.7. The molecule has 1 unspecified atom stereocenters. The fraction of sp³-hybridized carbons (Fsp3) is 0.571. The Morgan fingerprint density at radius 2 is 2.50 bits per heavy atom. The summed E-state index contributed by atoms with van der Waals surface area (Å²) in [5.74, 6) is 0.263. The summed E-state index contributed by atoms with van der Waals surface area (Å²) in [6, 6.07) is -0.571. The van der Waals surface area contributed by atoms with Crippen LogP contribution in [-0.2, 0) is 4.79 Å². The number of rotatable bonds is 5. The quantitative estimate of drug-likeness (QED) is 0.594. The molecule has 0 aliphatic carbocycles. The number of carboxylic acids is 1. The number of nitrogens with one attached hydrogen (secondary N) is 2. The molecule has 1 heterocycles. The predicted molar refractivity (Wildman–Crippen MR) is 52.3 cm³/mol. The van der Waals surface area contributed by atoms with Crippen LogP contribution >= 0.6 is 11.8 Å². The van der Waals surface area contributed by atoms with Crippen molar-refractivity contribution in [3.8, 4) is 0 Å². The molecule has 3 N–H and O–H groups in total. The fourth-order valence-electron chi connectivity index (χ4n) is 0.823. The Morgan fingerprint density at radius 1 is 1.79 bits per heavy atom. The standard InChI is InChI=1S/C7H12N4O2S/c1-4-9-7(11-10-4)14-3-5(8-2)6(12)13/h5,8H,3H2,1-2H3,(H,12,13)(H,9,10,11). The van der Waals surface area contributed by atoms with E-state index < -0.39 is 12.0 Å². The highest BCUT2D eigenvalue weighted by Gasteiger charge is 2.15. The van der Waals surface area contributed by atoms with Crippen molar-refractivity contribution < 1.29 is 9.90 Å². The summed E-state index contributed by atoms with van der Waals surface area (Å²) in [5, 5.41) is 18.6. The van der Waals surface area contributed by atoms with Gasteiger partial charge in [0.15, 0.2) is 0 Å². The third-order valence-electron chi connectivity index (χ3n) is 1.60. The third kappa shape index (κ3) is 3.00. The number of thioether (sulfide) groups is 1. The van der Waals surface area contributed by atoms with Crippen LogP contribution in [0.25, 0.3) is 0 Å². The van der Waals surface area contributed by atoms with Crippen molar-refractivity contribution in [2.24, 2.45) is 0 Å². The van der Waals surface area contributed by atoms with Gasteiger partial charge in [-0.05, 0) is 14.0 Å². The van der Waals surface area contributed by atoms with Gasteiger partial charge in [-0.3, -0.25) is 9.89 Å². The Bertz CT molecular complexity index is 314. The SMILES string of the molecule is CNC(CSc1n[nH]c(C)n1)C(=O)O. The van der Waals surface area contributed by atoms with Crippen LogP contribution in [0.3, 0.4) is 0 Å². The Balaban J connectivity index is 2.43.